The summed E-state index contributed by atoms with van der Waals surface area (Å²) in [5, 5.41) is 0. The Morgan fingerprint density at radius 1 is 1.26 bits per heavy atom. The minimum atomic E-state index is -0.574. The van der Waals surface area contributed by atoms with Gasteiger partial charge in [0.1, 0.15) is 19.3 Å². The Balaban J connectivity index is 2.07. The van der Waals surface area contributed by atoms with Gasteiger partial charge in [0.15, 0.2) is 0 Å². The maximum absolute atomic E-state index is 11.9. The Bertz CT molecular complexity index is 490. The van der Waals surface area contributed by atoms with E-state index in [1.165, 1.54) is 18.2 Å². The lowest BCUT2D eigenvalue weighted by atomic mass is 10.1. The highest BCUT2D eigenvalue weighted by Crippen LogP contribution is 2.14. The van der Waals surface area contributed by atoms with Gasteiger partial charge in [-0.05, 0) is 12.1 Å². The average molecular weight is 262 g/mol. The van der Waals surface area contributed by atoms with Gasteiger partial charge in [-0.3, -0.25) is 0 Å². The normalized spacial score (nSPS) is 16.5. The molecule has 1 fully saturated rings. The first kappa shape index (κ1) is 13.3. The van der Waals surface area contributed by atoms with Crippen LogP contribution in [-0.2, 0) is 14.2 Å². The van der Waals surface area contributed by atoms with E-state index in [4.69, 9.17) is 14.2 Å². The molecule has 1 aromatic carbocycles. The van der Waals surface area contributed by atoms with E-state index in [1.54, 1.807) is 12.1 Å². The van der Waals surface area contributed by atoms with E-state index in [0.29, 0.717) is 6.61 Å². The molecule has 5 nitrogen and oxygen atoms in total. The molecule has 1 aromatic rings. The second kappa shape index (κ2) is 6.15. The lowest BCUT2D eigenvalue weighted by Gasteiger charge is -2.08. The summed E-state index contributed by atoms with van der Waals surface area (Å²) in [6.45, 7) is 4.36. The van der Waals surface area contributed by atoms with Crippen molar-refractivity contribution in [2.24, 2.45) is 0 Å². The van der Waals surface area contributed by atoms with Crippen molar-refractivity contribution < 1.29 is 23.8 Å². The van der Waals surface area contributed by atoms with Crippen LogP contribution in [0.1, 0.15) is 20.7 Å². The van der Waals surface area contributed by atoms with Crippen molar-refractivity contribution in [3.63, 3.8) is 0 Å². The molecule has 19 heavy (non-hydrogen) atoms. The van der Waals surface area contributed by atoms with Crippen LogP contribution in [-0.4, -0.2) is 37.9 Å². The minimum Gasteiger partial charge on any atom is -0.459 e. The summed E-state index contributed by atoms with van der Waals surface area (Å²) in [7, 11) is 0. The third-order valence-corrected chi connectivity index (χ3v) is 2.50. The van der Waals surface area contributed by atoms with Crippen molar-refractivity contribution in [3.05, 3.63) is 48.0 Å². The smallest absolute Gasteiger partial charge is 0.339 e. The van der Waals surface area contributed by atoms with E-state index in [1.807, 2.05) is 0 Å². The fraction of sp³-hybridized carbons (Fsp3) is 0.286. The maximum Gasteiger partial charge on any atom is 0.339 e. The molecule has 0 saturated carbocycles. The summed E-state index contributed by atoms with van der Waals surface area (Å²) in [5.41, 5.74) is 0.378. The van der Waals surface area contributed by atoms with Gasteiger partial charge in [-0.1, -0.05) is 24.8 Å². The van der Waals surface area contributed by atoms with Crippen molar-refractivity contribution in [3.8, 4) is 0 Å². The van der Waals surface area contributed by atoms with Crippen molar-refractivity contribution in [1.29, 1.82) is 0 Å². The Morgan fingerprint density at radius 3 is 2.37 bits per heavy atom. The van der Waals surface area contributed by atoms with Crippen LogP contribution < -0.4 is 0 Å². The molecular weight excluding hydrogens is 248 g/mol. The monoisotopic (exact) mass is 262 g/mol. The predicted octanol–water partition coefficient (Wildman–Crippen LogP) is 1.58. The topological polar surface area (TPSA) is 65.1 Å². The maximum atomic E-state index is 11.9. The Labute approximate surface area is 110 Å². The van der Waals surface area contributed by atoms with Crippen molar-refractivity contribution in [2.75, 3.05) is 19.8 Å². The number of rotatable bonds is 6. The van der Waals surface area contributed by atoms with E-state index in [9.17, 15) is 9.59 Å². The SMILES string of the molecule is C=CCOC(=O)c1ccccc1C(=O)OCC1CO1. The first-order valence-corrected chi connectivity index (χ1v) is 5.88. The zero-order valence-electron chi connectivity index (χ0n) is 10.3. The van der Waals surface area contributed by atoms with Crippen LogP contribution in [0, 0.1) is 0 Å². The van der Waals surface area contributed by atoms with Gasteiger partial charge in [0.25, 0.3) is 0 Å². The van der Waals surface area contributed by atoms with Gasteiger partial charge < -0.3 is 14.2 Å². The van der Waals surface area contributed by atoms with Crippen LogP contribution in [0.4, 0.5) is 0 Å². The highest BCUT2D eigenvalue weighted by atomic mass is 16.6. The van der Waals surface area contributed by atoms with E-state index < -0.39 is 11.9 Å². The summed E-state index contributed by atoms with van der Waals surface area (Å²) in [5.74, 6) is -1.13. The molecule has 5 heteroatoms. The average Bonchev–Trinajstić information content (AvgIpc) is 3.26. The molecule has 0 N–H and O–H groups in total. The summed E-state index contributed by atoms with van der Waals surface area (Å²) >= 11 is 0. The number of carbonyl (C=O) groups excluding carboxylic acids is 2. The molecule has 1 heterocycles. The molecule has 0 spiro atoms. The standard InChI is InChI=1S/C14H14O5/c1-2-7-17-13(15)11-5-3-4-6-12(11)14(16)19-9-10-8-18-10/h2-6,10H,1,7-9H2. The molecule has 1 unspecified atom stereocenters. The molecular formula is C14H14O5. The first-order valence-electron chi connectivity index (χ1n) is 5.88. The van der Waals surface area contributed by atoms with E-state index in [0.717, 1.165) is 0 Å². The Hall–Kier alpha value is -2.14. The van der Waals surface area contributed by atoms with Crippen LogP contribution in [0.15, 0.2) is 36.9 Å². The molecule has 1 aliphatic heterocycles. The van der Waals surface area contributed by atoms with Gasteiger partial charge in [0, 0.05) is 0 Å². The molecule has 1 saturated heterocycles. The van der Waals surface area contributed by atoms with Gasteiger partial charge in [-0.25, -0.2) is 9.59 Å². The second-order valence-electron chi connectivity index (χ2n) is 3.99. The van der Waals surface area contributed by atoms with Gasteiger partial charge in [0.2, 0.25) is 0 Å². The number of ether oxygens (including phenoxy) is 3. The van der Waals surface area contributed by atoms with Crippen molar-refractivity contribution >= 4 is 11.9 Å². The minimum absolute atomic E-state index is 0.0103. The van der Waals surface area contributed by atoms with Gasteiger partial charge >= 0.3 is 11.9 Å². The molecule has 100 valence electrons. The van der Waals surface area contributed by atoms with Crippen LogP contribution in [0.5, 0.6) is 0 Å². The summed E-state index contributed by atoms with van der Waals surface area (Å²) in [6, 6.07) is 6.37. The Morgan fingerprint density at radius 2 is 1.84 bits per heavy atom. The number of carbonyl (C=O) groups is 2. The summed E-state index contributed by atoms with van der Waals surface area (Å²) in [6.07, 6.45) is 1.45. The lowest BCUT2D eigenvalue weighted by Crippen LogP contribution is -2.15. The zero-order valence-corrected chi connectivity index (χ0v) is 10.3. The number of hydrogen-bond donors (Lipinski definition) is 0. The number of esters is 2. The lowest BCUT2D eigenvalue weighted by molar-refractivity contribution is 0.0454. The van der Waals surface area contributed by atoms with Gasteiger partial charge in [-0.2, -0.15) is 0 Å². The highest BCUT2D eigenvalue weighted by Gasteiger charge is 2.26. The highest BCUT2D eigenvalue weighted by molar-refractivity contribution is 6.03. The van der Waals surface area contributed by atoms with Crippen LogP contribution in [0.2, 0.25) is 0 Å². The molecule has 2 rings (SSSR count). The number of hydrogen-bond acceptors (Lipinski definition) is 5. The summed E-state index contributed by atoms with van der Waals surface area (Å²) < 4.78 is 14.9. The van der Waals surface area contributed by atoms with Gasteiger partial charge in [0.05, 0.1) is 17.7 Å². The van der Waals surface area contributed by atoms with Crippen LogP contribution >= 0.6 is 0 Å². The van der Waals surface area contributed by atoms with E-state index in [2.05, 4.69) is 6.58 Å². The van der Waals surface area contributed by atoms with Crippen LogP contribution in [0.3, 0.4) is 0 Å². The fourth-order valence-corrected chi connectivity index (χ4v) is 1.46. The molecule has 0 radical (unpaired) electrons. The molecule has 0 amide bonds. The van der Waals surface area contributed by atoms with Crippen molar-refractivity contribution in [2.45, 2.75) is 6.10 Å². The number of benzene rings is 1. The van der Waals surface area contributed by atoms with E-state index >= 15 is 0 Å². The zero-order chi connectivity index (χ0) is 13.7. The Kier molecular flexibility index (Phi) is 4.30. The van der Waals surface area contributed by atoms with E-state index in [-0.39, 0.29) is 30.4 Å². The largest absolute Gasteiger partial charge is 0.459 e. The predicted molar refractivity (Wildman–Crippen MR) is 66.9 cm³/mol. The third-order valence-electron chi connectivity index (χ3n) is 2.50. The molecule has 1 atom stereocenters. The fourth-order valence-electron chi connectivity index (χ4n) is 1.46. The third kappa shape index (κ3) is 3.66. The van der Waals surface area contributed by atoms with Crippen LogP contribution in [0.25, 0.3) is 0 Å². The summed E-state index contributed by atoms with van der Waals surface area (Å²) in [4.78, 5) is 23.6. The van der Waals surface area contributed by atoms with Gasteiger partial charge in [-0.15, -0.1) is 0 Å². The number of epoxide rings is 1. The molecule has 1 aliphatic rings. The second-order valence-corrected chi connectivity index (χ2v) is 3.99. The quantitative estimate of drug-likeness (QED) is 0.442. The molecule has 0 aromatic heterocycles. The first-order chi connectivity index (χ1) is 9.22. The molecule has 0 bridgehead atoms. The molecule has 0 aliphatic carbocycles. The van der Waals surface area contributed by atoms with Crippen molar-refractivity contribution in [1.82, 2.24) is 0 Å².